The maximum Gasteiger partial charge on any atom is 0.00979 e. The van der Waals surface area contributed by atoms with Crippen LogP contribution in [0.25, 0.3) is 0 Å². The molecular formula is C11H21N. The maximum atomic E-state index is 3.70. The van der Waals surface area contributed by atoms with Crippen molar-refractivity contribution >= 4 is 0 Å². The van der Waals surface area contributed by atoms with Gasteiger partial charge in [-0.2, -0.15) is 0 Å². The first-order valence-corrected chi connectivity index (χ1v) is 5.65. The molecule has 1 nitrogen and oxygen atoms in total. The van der Waals surface area contributed by atoms with Crippen molar-refractivity contribution in [3.8, 4) is 0 Å². The molecule has 1 heteroatoms. The SMILES string of the molecule is CCCNC1CCCC1C1CC1. The predicted molar refractivity (Wildman–Crippen MR) is 52.1 cm³/mol. The van der Waals surface area contributed by atoms with E-state index < -0.39 is 0 Å². The quantitative estimate of drug-likeness (QED) is 0.678. The highest BCUT2D eigenvalue weighted by molar-refractivity contribution is 4.92. The molecule has 2 fully saturated rings. The monoisotopic (exact) mass is 167 g/mol. The number of nitrogens with one attached hydrogen (secondary N) is 1. The lowest BCUT2D eigenvalue weighted by atomic mass is 9.98. The Morgan fingerprint density at radius 3 is 2.67 bits per heavy atom. The first kappa shape index (κ1) is 8.55. The minimum absolute atomic E-state index is 0.887. The van der Waals surface area contributed by atoms with E-state index in [2.05, 4.69) is 12.2 Å². The third-order valence-electron chi connectivity index (χ3n) is 3.45. The largest absolute Gasteiger partial charge is 0.314 e. The van der Waals surface area contributed by atoms with E-state index in [-0.39, 0.29) is 0 Å². The Bertz CT molecular complexity index is 140. The van der Waals surface area contributed by atoms with Gasteiger partial charge in [0, 0.05) is 6.04 Å². The molecule has 0 aromatic carbocycles. The van der Waals surface area contributed by atoms with Crippen LogP contribution in [0.4, 0.5) is 0 Å². The first-order chi connectivity index (χ1) is 5.92. The highest BCUT2D eigenvalue weighted by Crippen LogP contribution is 2.44. The summed E-state index contributed by atoms with van der Waals surface area (Å²) in [7, 11) is 0. The van der Waals surface area contributed by atoms with Crippen molar-refractivity contribution in [2.75, 3.05) is 6.54 Å². The third kappa shape index (κ3) is 1.82. The zero-order valence-electron chi connectivity index (χ0n) is 8.18. The molecule has 0 amide bonds. The Kier molecular flexibility index (Phi) is 2.69. The molecule has 2 atom stereocenters. The Hall–Kier alpha value is -0.0400. The molecule has 0 saturated heterocycles. The lowest BCUT2D eigenvalue weighted by molar-refractivity contribution is 0.363. The van der Waals surface area contributed by atoms with Crippen LogP contribution >= 0.6 is 0 Å². The number of hydrogen-bond donors (Lipinski definition) is 1. The van der Waals surface area contributed by atoms with Crippen LogP contribution in [0.1, 0.15) is 45.4 Å². The Balaban J connectivity index is 1.78. The minimum atomic E-state index is 0.887. The van der Waals surface area contributed by atoms with Crippen molar-refractivity contribution < 1.29 is 0 Å². The molecule has 0 aromatic rings. The molecule has 12 heavy (non-hydrogen) atoms. The lowest BCUT2D eigenvalue weighted by Gasteiger charge is -2.20. The summed E-state index contributed by atoms with van der Waals surface area (Å²) < 4.78 is 0. The van der Waals surface area contributed by atoms with Crippen LogP contribution in [-0.4, -0.2) is 12.6 Å². The van der Waals surface area contributed by atoms with Crippen LogP contribution in [0.3, 0.4) is 0 Å². The summed E-state index contributed by atoms with van der Waals surface area (Å²) in [6.45, 7) is 3.49. The number of rotatable bonds is 4. The molecule has 70 valence electrons. The summed E-state index contributed by atoms with van der Waals surface area (Å²) in [6, 6.07) is 0.887. The molecule has 2 aliphatic carbocycles. The van der Waals surface area contributed by atoms with Gasteiger partial charge in [0.05, 0.1) is 0 Å². The molecule has 0 radical (unpaired) electrons. The van der Waals surface area contributed by atoms with E-state index in [1.807, 2.05) is 0 Å². The second kappa shape index (κ2) is 3.78. The van der Waals surface area contributed by atoms with Crippen molar-refractivity contribution in [1.29, 1.82) is 0 Å². The topological polar surface area (TPSA) is 12.0 Å². The molecule has 0 aromatic heterocycles. The highest BCUT2D eigenvalue weighted by atomic mass is 14.9. The van der Waals surface area contributed by atoms with Gasteiger partial charge >= 0.3 is 0 Å². The van der Waals surface area contributed by atoms with E-state index >= 15 is 0 Å². The van der Waals surface area contributed by atoms with Crippen LogP contribution in [0, 0.1) is 11.8 Å². The molecule has 2 rings (SSSR count). The molecule has 2 aliphatic rings. The molecular weight excluding hydrogens is 146 g/mol. The van der Waals surface area contributed by atoms with E-state index in [0.29, 0.717) is 0 Å². The van der Waals surface area contributed by atoms with Crippen molar-refractivity contribution in [2.45, 2.75) is 51.5 Å². The van der Waals surface area contributed by atoms with Gasteiger partial charge in [-0.1, -0.05) is 13.3 Å². The van der Waals surface area contributed by atoms with E-state index in [9.17, 15) is 0 Å². The summed E-state index contributed by atoms with van der Waals surface area (Å²) in [6.07, 6.45) is 8.76. The Morgan fingerprint density at radius 1 is 1.17 bits per heavy atom. The smallest absolute Gasteiger partial charge is 0.00979 e. The van der Waals surface area contributed by atoms with Gasteiger partial charge in [-0.05, 0) is 50.5 Å². The van der Waals surface area contributed by atoms with Crippen molar-refractivity contribution in [1.82, 2.24) is 5.32 Å². The fraction of sp³-hybridized carbons (Fsp3) is 1.00. The van der Waals surface area contributed by atoms with E-state index in [4.69, 9.17) is 0 Å². The lowest BCUT2D eigenvalue weighted by Crippen LogP contribution is -2.33. The van der Waals surface area contributed by atoms with Crippen LogP contribution in [0.2, 0.25) is 0 Å². The summed E-state index contributed by atoms with van der Waals surface area (Å²) in [5.74, 6) is 2.17. The summed E-state index contributed by atoms with van der Waals surface area (Å²) in [5, 5.41) is 3.70. The number of hydrogen-bond acceptors (Lipinski definition) is 1. The predicted octanol–water partition coefficient (Wildman–Crippen LogP) is 2.56. The highest BCUT2D eigenvalue weighted by Gasteiger charge is 2.38. The zero-order chi connectivity index (χ0) is 8.39. The van der Waals surface area contributed by atoms with Crippen LogP contribution in [0.15, 0.2) is 0 Å². The summed E-state index contributed by atoms with van der Waals surface area (Å²) in [5.41, 5.74) is 0. The van der Waals surface area contributed by atoms with Crippen molar-refractivity contribution in [3.05, 3.63) is 0 Å². The summed E-state index contributed by atoms with van der Waals surface area (Å²) >= 11 is 0. The average molecular weight is 167 g/mol. The Labute approximate surface area is 75.9 Å². The molecule has 2 unspecified atom stereocenters. The second-order valence-corrected chi connectivity index (χ2v) is 4.49. The van der Waals surface area contributed by atoms with Gasteiger partial charge in [-0.15, -0.1) is 0 Å². The average Bonchev–Trinajstić information content (AvgIpc) is 2.83. The van der Waals surface area contributed by atoms with Gasteiger partial charge in [-0.3, -0.25) is 0 Å². The Morgan fingerprint density at radius 2 is 2.00 bits per heavy atom. The standard InChI is InChI=1S/C11H21N/c1-2-8-12-11-5-3-4-10(11)9-6-7-9/h9-12H,2-8H2,1H3. The van der Waals surface area contributed by atoms with E-state index in [1.54, 1.807) is 0 Å². The van der Waals surface area contributed by atoms with Gasteiger partial charge in [0.25, 0.3) is 0 Å². The third-order valence-corrected chi connectivity index (χ3v) is 3.45. The normalized spacial score (nSPS) is 35.8. The van der Waals surface area contributed by atoms with Crippen LogP contribution in [0.5, 0.6) is 0 Å². The first-order valence-electron chi connectivity index (χ1n) is 5.65. The fourth-order valence-electron chi connectivity index (χ4n) is 2.66. The molecule has 1 N–H and O–H groups in total. The molecule has 0 heterocycles. The van der Waals surface area contributed by atoms with Gasteiger partial charge in [0.15, 0.2) is 0 Å². The van der Waals surface area contributed by atoms with Gasteiger partial charge in [0.2, 0.25) is 0 Å². The van der Waals surface area contributed by atoms with Crippen molar-refractivity contribution in [3.63, 3.8) is 0 Å². The summed E-state index contributed by atoms with van der Waals surface area (Å²) in [4.78, 5) is 0. The van der Waals surface area contributed by atoms with Crippen molar-refractivity contribution in [2.24, 2.45) is 11.8 Å². The van der Waals surface area contributed by atoms with Gasteiger partial charge in [0.1, 0.15) is 0 Å². The molecule has 0 aliphatic heterocycles. The maximum absolute atomic E-state index is 3.70. The van der Waals surface area contributed by atoms with Gasteiger partial charge < -0.3 is 5.32 Å². The zero-order valence-corrected chi connectivity index (χ0v) is 8.18. The van der Waals surface area contributed by atoms with Crippen LogP contribution in [-0.2, 0) is 0 Å². The molecule has 2 saturated carbocycles. The second-order valence-electron chi connectivity index (χ2n) is 4.49. The van der Waals surface area contributed by atoms with E-state index in [0.717, 1.165) is 17.9 Å². The minimum Gasteiger partial charge on any atom is -0.314 e. The van der Waals surface area contributed by atoms with E-state index in [1.165, 1.54) is 45.1 Å². The molecule has 0 spiro atoms. The van der Waals surface area contributed by atoms with Gasteiger partial charge in [-0.25, -0.2) is 0 Å². The molecule has 0 bridgehead atoms. The van der Waals surface area contributed by atoms with Crippen LogP contribution < -0.4 is 5.32 Å². The fourth-order valence-corrected chi connectivity index (χ4v) is 2.66.